The van der Waals surface area contributed by atoms with Gasteiger partial charge in [0, 0.05) is 17.1 Å². The fraction of sp³-hybridized carbons (Fsp3) is 0.471. The van der Waals surface area contributed by atoms with E-state index in [0.717, 1.165) is 24.2 Å². The van der Waals surface area contributed by atoms with Gasteiger partial charge in [-0.25, -0.2) is 0 Å². The molecule has 5 heteroatoms. The predicted octanol–water partition coefficient (Wildman–Crippen LogP) is 1.93. The molecule has 0 amide bonds. The van der Waals surface area contributed by atoms with Crippen molar-refractivity contribution in [1.29, 1.82) is 0 Å². The molecule has 2 heterocycles. The molecule has 1 aromatic carbocycles. The summed E-state index contributed by atoms with van der Waals surface area (Å²) in [6, 6.07) is 5.24. The summed E-state index contributed by atoms with van der Waals surface area (Å²) in [5.41, 5.74) is 9.10. The Morgan fingerprint density at radius 2 is 2.18 bits per heavy atom. The van der Waals surface area contributed by atoms with E-state index >= 15 is 0 Å². The Morgan fingerprint density at radius 3 is 2.86 bits per heavy atom. The lowest BCUT2D eigenvalue weighted by Crippen LogP contribution is -2.32. The highest BCUT2D eigenvalue weighted by molar-refractivity contribution is 5.84. The number of aliphatic carboxylic acids is 1. The van der Waals surface area contributed by atoms with Crippen molar-refractivity contribution in [3.8, 4) is 0 Å². The molecule has 0 bridgehead atoms. The first-order valence-electron chi connectivity index (χ1n) is 7.81. The van der Waals surface area contributed by atoms with E-state index in [4.69, 9.17) is 10.8 Å². The highest BCUT2D eigenvalue weighted by atomic mass is 16.4. The van der Waals surface area contributed by atoms with Gasteiger partial charge in [0.05, 0.1) is 0 Å². The second-order valence-corrected chi connectivity index (χ2v) is 6.35. The van der Waals surface area contributed by atoms with Crippen molar-refractivity contribution in [3.63, 3.8) is 0 Å². The number of aromatic amines is 1. The van der Waals surface area contributed by atoms with E-state index < -0.39 is 12.0 Å². The molecule has 22 heavy (non-hydrogen) atoms. The predicted molar refractivity (Wildman–Crippen MR) is 87.1 cm³/mol. The number of carboxylic acids is 1. The Labute approximate surface area is 130 Å². The van der Waals surface area contributed by atoms with E-state index in [1.54, 1.807) is 0 Å². The minimum Gasteiger partial charge on any atom is -0.480 e. The molecule has 5 nitrogen and oxygen atoms in total. The van der Waals surface area contributed by atoms with Crippen LogP contribution in [-0.2, 0) is 11.2 Å². The molecule has 1 atom stereocenters. The molecule has 0 saturated carbocycles. The van der Waals surface area contributed by atoms with Crippen LogP contribution in [0.15, 0.2) is 24.4 Å². The van der Waals surface area contributed by atoms with E-state index in [1.807, 2.05) is 12.1 Å². The number of carboxylic acid groups (broad SMARTS) is 1. The number of piperidine rings is 1. The molecule has 118 valence electrons. The van der Waals surface area contributed by atoms with Gasteiger partial charge in [0.1, 0.15) is 6.04 Å². The van der Waals surface area contributed by atoms with Gasteiger partial charge in [0.2, 0.25) is 0 Å². The number of fused-ring (bicyclic) bond motifs is 1. The van der Waals surface area contributed by atoms with E-state index in [1.165, 1.54) is 23.8 Å². The number of benzene rings is 1. The van der Waals surface area contributed by atoms with Crippen molar-refractivity contribution in [2.24, 2.45) is 5.73 Å². The SMILES string of the molecule is CN1CCC(c2c[nH]c3ccc(CC(N)C(=O)O)cc23)CC1. The van der Waals surface area contributed by atoms with Gasteiger partial charge < -0.3 is 20.7 Å². The lowest BCUT2D eigenvalue weighted by Gasteiger charge is -2.28. The van der Waals surface area contributed by atoms with Crippen LogP contribution in [0.4, 0.5) is 0 Å². The smallest absolute Gasteiger partial charge is 0.320 e. The monoisotopic (exact) mass is 301 g/mol. The average molecular weight is 301 g/mol. The van der Waals surface area contributed by atoms with Gasteiger partial charge >= 0.3 is 5.97 Å². The number of nitrogens with one attached hydrogen (secondary N) is 1. The molecule has 0 spiro atoms. The summed E-state index contributed by atoms with van der Waals surface area (Å²) in [5.74, 6) is -0.377. The second kappa shape index (κ2) is 6.10. The highest BCUT2D eigenvalue weighted by Gasteiger charge is 2.21. The van der Waals surface area contributed by atoms with Crippen LogP contribution >= 0.6 is 0 Å². The summed E-state index contributed by atoms with van der Waals surface area (Å²) in [4.78, 5) is 16.6. The van der Waals surface area contributed by atoms with E-state index in [0.29, 0.717) is 12.3 Å². The third kappa shape index (κ3) is 3.00. The van der Waals surface area contributed by atoms with Crippen LogP contribution in [0.3, 0.4) is 0 Å². The van der Waals surface area contributed by atoms with E-state index in [-0.39, 0.29) is 0 Å². The van der Waals surface area contributed by atoms with Crippen molar-refractivity contribution in [3.05, 3.63) is 35.5 Å². The van der Waals surface area contributed by atoms with E-state index in [9.17, 15) is 4.79 Å². The van der Waals surface area contributed by atoms with Crippen LogP contribution in [0.25, 0.3) is 10.9 Å². The molecular formula is C17H23N3O2. The standard InChI is InChI=1S/C17H23N3O2/c1-20-6-4-12(5-7-20)14-10-19-16-3-2-11(8-13(14)16)9-15(18)17(21)22/h2-3,8,10,12,15,19H,4-7,9,18H2,1H3,(H,21,22). The third-order valence-corrected chi connectivity index (χ3v) is 4.71. The largest absolute Gasteiger partial charge is 0.480 e. The molecule has 4 N–H and O–H groups in total. The maximum Gasteiger partial charge on any atom is 0.320 e. The Bertz CT molecular complexity index is 672. The first-order chi connectivity index (χ1) is 10.5. The van der Waals surface area contributed by atoms with Crippen LogP contribution in [0.2, 0.25) is 0 Å². The summed E-state index contributed by atoms with van der Waals surface area (Å²) in [7, 11) is 2.16. The molecule has 0 aliphatic carbocycles. The normalized spacial score (nSPS) is 18.6. The molecule has 1 aliphatic rings. The number of H-pyrrole nitrogens is 1. The Morgan fingerprint density at radius 1 is 1.45 bits per heavy atom. The van der Waals surface area contributed by atoms with E-state index in [2.05, 4.69) is 29.2 Å². The molecule has 2 aromatic rings. The van der Waals surface area contributed by atoms with Crippen molar-refractivity contribution in [2.75, 3.05) is 20.1 Å². The molecule has 0 radical (unpaired) electrons. The van der Waals surface area contributed by atoms with Crippen molar-refractivity contribution in [2.45, 2.75) is 31.2 Å². The topological polar surface area (TPSA) is 82.3 Å². The van der Waals surface area contributed by atoms with Gasteiger partial charge in [-0.15, -0.1) is 0 Å². The lowest BCUT2D eigenvalue weighted by molar-refractivity contribution is -0.138. The molecule has 1 aromatic heterocycles. The number of carbonyl (C=O) groups is 1. The van der Waals surface area contributed by atoms with Crippen LogP contribution < -0.4 is 5.73 Å². The quantitative estimate of drug-likeness (QED) is 0.806. The Kier molecular flexibility index (Phi) is 4.18. The zero-order chi connectivity index (χ0) is 15.7. The van der Waals surface area contributed by atoms with Gasteiger partial charge in [-0.1, -0.05) is 6.07 Å². The van der Waals surface area contributed by atoms with Crippen LogP contribution in [-0.4, -0.2) is 47.1 Å². The third-order valence-electron chi connectivity index (χ3n) is 4.71. The van der Waals surface area contributed by atoms with Gasteiger partial charge in [-0.3, -0.25) is 4.79 Å². The number of nitrogens with two attached hydrogens (primary N) is 1. The molecular weight excluding hydrogens is 278 g/mol. The minimum absolute atomic E-state index is 0.364. The van der Waals surface area contributed by atoms with Gasteiger partial charge in [0.25, 0.3) is 0 Å². The minimum atomic E-state index is -0.954. The number of aromatic nitrogens is 1. The average Bonchev–Trinajstić information content (AvgIpc) is 2.91. The summed E-state index contributed by atoms with van der Waals surface area (Å²) >= 11 is 0. The molecule has 1 aliphatic heterocycles. The Hall–Kier alpha value is -1.85. The maximum absolute atomic E-state index is 10.9. The first-order valence-corrected chi connectivity index (χ1v) is 7.81. The summed E-state index contributed by atoms with van der Waals surface area (Å²) in [6.45, 7) is 2.25. The zero-order valence-corrected chi connectivity index (χ0v) is 12.9. The van der Waals surface area contributed by atoms with Gasteiger partial charge in [0.15, 0.2) is 0 Å². The fourth-order valence-electron chi connectivity index (χ4n) is 3.31. The summed E-state index contributed by atoms with van der Waals surface area (Å²) in [6.07, 6.45) is 4.81. The number of likely N-dealkylation sites (tertiary alicyclic amines) is 1. The van der Waals surface area contributed by atoms with Gasteiger partial charge in [-0.2, -0.15) is 0 Å². The number of hydrogen-bond donors (Lipinski definition) is 3. The van der Waals surface area contributed by atoms with Crippen molar-refractivity contribution >= 4 is 16.9 Å². The van der Waals surface area contributed by atoms with Crippen molar-refractivity contribution in [1.82, 2.24) is 9.88 Å². The second-order valence-electron chi connectivity index (χ2n) is 6.35. The lowest BCUT2D eigenvalue weighted by atomic mass is 9.89. The van der Waals surface area contributed by atoms with Crippen LogP contribution in [0, 0.1) is 0 Å². The van der Waals surface area contributed by atoms with Crippen LogP contribution in [0.1, 0.15) is 29.9 Å². The van der Waals surface area contributed by atoms with Gasteiger partial charge in [-0.05, 0) is 68.6 Å². The van der Waals surface area contributed by atoms with Crippen molar-refractivity contribution < 1.29 is 9.90 Å². The molecule has 3 rings (SSSR count). The fourth-order valence-corrected chi connectivity index (χ4v) is 3.31. The summed E-state index contributed by atoms with van der Waals surface area (Å²) in [5, 5.41) is 10.2. The molecule has 1 saturated heterocycles. The maximum atomic E-state index is 10.9. The van der Waals surface area contributed by atoms with Crippen LogP contribution in [0.5, 0.6) is 0 Å². The summed E-state index contributed by atoms with van der Waals surface area (Å²) < 4.78 is 0. The Balaban J connectivity index is 1.87. The number of hydrogen-bond acceptors (Lipinski definition) is 3. The molecule has 1 unspecified atom stereocenters. The first kappa shape index (κ1) is 15.1. The number of nitrogens with zero attached hydrogens (tertiary/aromatic N) is 1. The highest BCUT2D eigenvalue weighted by Crippen LogP contribution is 2.33. The number of rotatable bonds is 4. The zero-order valence-electron chi connectivity index (χ0n) is 12.9. The molecule has 1 fully saturated rings.